The average molecular weight is 370 g/mol. The second-order valence-electron chi connectivity index (χ2n) is 6.84. The van der Waals surface area contributed by atoms with Crippen LogP contribution in [0.15, 0.2) is 40.1 Å². The molecule has 1 aromatic carbocycles. The molecule has 8 heteroatoms. The average Bonchev–Trinajstić information content (AvgIpc) is 2.62. The predicted octanol–water partition coefficient (Wildman–Crippen LogP) is 0.255. The van der Waals surface area contributed by atoms with Crippen LogP contribution >= 0.6 is 0 Å². The van der Waals surface area contributed by atoms with Crippen LogP contribution in [0.25, 0.3) is 0 Å². The molecule has 1 aliphatic heterocycles. The van der Waals surface area contributed by atoms with Gasteiger partial charge >= 0.3 is 5.69 Å². The number of piperazine rings is 1. The summed E-state index contributed by atoms with van der Waals surface area (Å²) in [4.78, 5) is 54.2. The number of aromatic nitrogens is 2. The Hall–Kier alpha value is -3.16. The van der Waals surface area contributed by atoms with Gasteiger partial charge in [0.25, 0.3) is 11.5 Å². The highest BCUT2D eigenvalue weighted by Crippen LogP contribution is 2.17. The highest BCUT2D eigenvalue weighted by molar-refractivity contribution is 5.97. The third-order valence-corrected chi connectivity index (χ3v) is 4.80. The van der Waals surface area contributed by atoms with Crippen molar-refractivity contribution in [1.82, 2.24) is 19.4 Å². The molecule has 3 rings (SSSR count). The lowest BCUT2D eigenvalue weighted by Gasteiger charge is -2.39. The summed E-state index contributed by atoms with van der Waals surface area (Å²) < 4.78 is 1.13. The van der Waals surface area contributed by atoms with Crippen molar-refractivity contribution < 1.29 is 9.59 Å². The standard InChI is InChI=1S/C19H22N4O4/c1-12-5-4-6-14(9-12)10-22-7-8-23(13(2)17(22)25)18(26)15-11-21(3)19(27)20-16(15)24/h4-6,9,11,13H,7-8,10H2,1-3H3,(H,20,24,27). The van der Waals surface area contributed by atoms with Gasteiger partial charge in [0.1, 0.15) is 11.6 Å². The lowest BCUT2D eigenvalue weighted by atomic mass is 10.1. The van der Waals surface area contributed by atoms with Crippen molar-refractivity contribution in [3.63, 3.8) is 0 Å². The maximum absolute atomic E-state index is 12.8. The summed E-state index contributed by atoms with van der Waals surface area (Å²) in [6, 6.07) is 7.25. The zero-order chi connectivity index (χ0) is 19.7. The van der Waals surface area contributed by atoms with E-state index >= 15 is 0 Å². The first-order chi connectivity index (χ1) is 12.8. The molecule has 0 saturated carbocycles. The first-order valence-electron chi connectivity index (χ1n) is 8.73. The molecule has 2 amide bonds. The van der Waals surface area contributed by atoms with E-state index < -0.39 is 23.2 Å². The molecule has 2 aromatic rings. The fourth-order valence-corrected chi connectivity index (χ4v) is 3.27. The summed E-state index contributed by atoms with van der Waals surface area (Å²) in [7, 11) is 1.45. The Kier molecular flexibility index (Phi) is 4.98. The number of hydrogen-bond donors (Lipinski definition) is 1. The van der Waals surface area contributed by atoms with E-state index in [0.717, 1.165) is 15.7 Å². The quantitative estimate of drug-likeness (QED) is 0.838. The number of aryl methyl sites for hydroxylation is 2. The molecule has 2 heterocycles. The molecular weight excluding hydrogens is 348 g/mol. The smallest absolute Gasteiger partial charge is 0.328 e. The minimum atomic E-state index is -0.745. The van der Waals surface area contributed by atoms with Crippen LogP contribution in [0.2, 0.25) is 0 Å². The van der Waals surface area contributed by atoms with Crippen molar-refractivity contribution >= 4 is 11.8 Å². The zero-order valence-corrected chi connectivity index (χ0v) is 15.6. The lowest BCUT2D eigenvalue weighted by Crippen LogP contribution is -2.57. The van der Waals surface area contributed by atoms with Crippen molar-refractivity contribution in [1.29, 1.82) is 0 Å². The Balaban J connectivity index is 1.78. The molecule has 27 heavy (non-hydrogen) atoms. The Bertz CT molecular complexity index is 1010. The normalized spacial score (nSPS) is 17.3. The summed E-state index contributed by atoms with van der Waals surface area (Å²) in [6.45, 7) is 4.83. The molecule has 1 aliphatic rings. The summed E-state index contributed by atoms with van der Waals surface area (Å²) >= 11 is 0. The van der Waals surface area contributed by atoms with Crippen LogP contribution in [0.1, 0.15) is 28.4 Å². The van der Waals surface area contributed by atoms with Crippen LogP contribution in [0, 0.1) is 6.92 Å². The SMILES string of the molecule is Cc1cccc(CN2CCN(C(=O)c3cn(C)c(=O)[nH]c3=O)C(C)C2=O)c1. The molecule has 0 radical (unpaired) electrons. The van der Waals surface area contributed by atoms with Gasteiger partial charge < -0.3 is 14.4 Å². The van der Waals surface area contributed by atoms with E-state index in [-0.39, 0.29) is 11.5 Å². The summed E-state index contributed by atoms with van der Waals surface area (Å²) in [5.74, 6) is -0.722. The number of amides is 2. The number of aromatic amines is 1. The zero-order valence-electron chi connectivity index (χ0n) is 15.6. The van der Waals surface area contributed by atoms with Gasteiger partial charge in [0.15, 0.2) is 0 Å². The third kappa shape index (κ3) is 3.69. The van der Waals surface area contributed by atoms with Crippen LogP contribution in [0.3, 0.4) is 0 Å². The van der Waals surface area contributed by atoms with Crippen LogP contribution in [-0.2, 0) is 18.4 Å². The second-order valence-corrected chi connectivity index (χ2v) is 6.84. The first-order valence-corrected chi connectivity index (χ1v) is 8.73. The molecule has 0 spiro atoms. The second kappa shape index (κ2) is 7.22. The van der Waals surface area contributed by atoms with Gasteiger partial charge in [-0.15, -0.1) is 0 Å². The molecule has 142 valence electrons. The van der Waals surface area contributed by atoms with E-state index in [1.54, 1.807) is 11.8 Å². The molecular formula is C19H22N4O4. The predicted molar refractivity (Wildman–Crippen MR) is 99.4 cm³/mol. The summed E-state index contributed by atoms with van der Waals surface area (Å²) in [6.07, 6.45) is 1.21. The maximum Gasteiger partial charge on any atom is 0.328 e. The number of hydrogen-bond acceptors (Lipinski definition) is 4. The molecule has 1 N–H and O–H groups in total. The monoisotopic (exact) mass is 370 g/mol. The van der Waals surface area contributed by atoms with Crippen molar-refractivity contribution in [2.45, 2.75) is 26.4 Å². The molecule has 8 nitrogen and oxygen atoms in total. The summed E-state index contributed by atoms with van der Waals surface area (Å²) in [5, 5.41) is 0. The van der Waals surface area contributed by atoms with E-state index in [9.17, 15) is 19.2 Å². The van der Waals surface area contributed by atoms with Crippen LogP contribution < -0.4 is 11.2 Å². The fourth-order valence-electron chi connectivity index (χ4n) is 3.27. The maximum atomic E-state index is 12.8. The van der Waals surface area contributed by atoms with E-state index in [2.05, 4.69) is 4.98 Å². The fraction of sp³-hybridized carbons (Fsp3) is 0.368. The van der Waals surface area contributed by atoms with Crippen LogP contribution in [0.5, 0.6) is 0 Å². The van der Waals surface area contributed by atoms with Crippen LogP contribution in [0.4, 0.5) is 0 Å². The van der Waals surface area contributed by atoms with Gasteiger partial charge in [0.2, 0.25) is 5.91 Å². The number of benzene rings is 1. The van der Waals surface area contributed by atoms with E-state index in [1.165, 1.54) is 18.1 Å². The van der Waals surface area contributed by atoms with Crippen molar-refractivity contribution in [2.24, 2.45) is 7.05 Å². The van der Waals surface area contributed by atoms with E-state index in [4.69, 9.17) is 0 Å². The van der Waals surface area contributed by atoms with Crippen molar-refractivity contribution in [2.75, 3.05) is 13.1 Å². The molecule has 1 unspecified atom stereocenters. The lowest BCUT2D eigenvalue weighted by molar-refractivity contribution is -0.140. The molecule has 0 aliphatic carbocycles. The Labute approximate surface area is 156 Å². The minimum Gasteiger partial charge on any atom is -0.335 e. The number of nitrogens with zero attached hydrogens (tertiary/aromatic N) is 3. The minimum absolute atomic E-state index is 0.149. The van der Waals surface area contributed by atoms with Gasteiger partial charge in [0, 0.05) is 32.9 Å². The molecule has 1 fully saturated rings. The van der Waals surface area contributed by atoms with Gasteiger partial charge in [-0.3, -0.25) is 19.4 Å². The Morgan fingerprint density at radius 2 is 1.96 bits per heavy atom. The Morgan fingerprint density at radius 3 is 2.67 bits per heavy atom. The highest BCUT2D eigenvalue weighted by atomic mass is 16.2. The molecule has 1 saturated heterocycles. The number of nitrogens with one attached hydrogen (secondary N) is 1. The van der Waals surface area contributed by atoms with Gasteiger partial charge in [0.05, 0.1) is 0 Å². The largest absolute Gasteiger partial charge is 0.335 e. The number of carbonyl (C=O) groups excluding carboxylic acids is 2. The molecule has 0 bridgehead atoms. The summed E-state index contributed by atoms with van der Waals surface area (Å²) in [5.41, 5.74) is 0.665. The first kappa shape index (κ1) is 18.6. The number of H-pyrrole nitrogens is 1. The number of rotatable bonds is 3. The van der Waals surface area contributed by atoms with Gasteiger partial charge in [-0.1, -0.05) is 29.8 Å². The van der Waals surface area contributed by atoms with Gasteiger partial charge in [-0.2, -0.15) is 0 Å². The highest BCUT2D eigenvalue weighted by Gasteiger charge is 2.35. The molecule has 1 atom stereocenters. The van der Waals surface area contributed by atoms with Gasteiger partial charge in [-0.25, -0.2) is 4.79 Å². The third-order valence-electron chi connectivity index (χ3n) is 4.80. The van der Waals surface area contributed by atoms with Crippen molar-refractivity contribution in [3.05, 3.63) is 68.0 Å². The topological polar surface area (TPSA) is 95.5 Å². The molecule has 1 aromatic heterocycles. The number of carbonyl (C=O) groups is 2. The van der Waals surface area contributed by atoms with Crippen LogP contribution in [-0.4, -0.2) is 50.3 Å². The van der Waals surface area contributed by atoms with E-state index in [0.29, 0.717) is 19.6 Å². The van der Waals surface area contributed by atoms with E-state index in [1.807, 2.05) is 31.2 Å². The van der Waals surface area contributed by atoms with Gasteiger partial charge in [-0.05, 0) is 19.4 Å². The Morgan fingerprint density at radius 1 is 1.22 bits per heavy atom. The van der Waals surface area contributed by atoms with Crippen molar-refractivity contribution in [3.8, 4) is 0 Å².